The fraction of sp³-hybridized carbons (Fsp3) is 0.0667. The molecule has 0 atom stereocenters. The van der Waals surface area contributed by atoms with Gasteiger partial charge in [0.15, 0.2) is 0 Å². The highest BCUT2D eigenvalue weighted by Crippen LogP contribution is 2.39. The van der Waals surface area contributed by atoms with Crippen molar-refractivity contribution in [3.8, 4) is 21.9 Å². The second-order valence-electron chi connectivity index (χ2n) is 4.03. The van der Waals surface area contributed by atoms with Crippen LogP contribution in [0.15, 0.2) is 48.5 Å². The molecule has 0 aliphatic rings. The van der Waals surface area contributed by atoms with Gasteiger partial charge in [-0.3, -0.25) is 0 Å². The van der Waals surface area contributed by atoms with Gasteiger partial charge >= 0.3 is 0 Å². The van der Waals surface area contributed by atoms with Gasteiger partial charge in [-0.15, -0.1) is 11.3 Å². The molecule has 3 rings (SSSR count). The Hall–Kier alpha value is -2.00. The van der Waals surface area contributed by atoms with Crippen LogP contribution in [0.1, 0.15) is 0 Å². The SMILES string of the molecule is COc1ccc(-c2cc3ccccc3s2)c(O)c1. The van der Waals surface area contributed by atoms with Crippen molar-refractivity contribution < 1.29 is 9.84 Å². The molecule has 1 N–H and O–H groups in total. The summed E-state index contributed by atoms with van der Waals surface area (Å²) in [4.78, 5) is 1.07. The second kappa shape index (κ2) is 4.35. The van der Waals surface area contributed by atoms with E-state index in [0.29, 0.717) is 5.75 Å². The lowest BCUT2D eigenvalue weighted by atomic mass is 10.1. The van der Waals surface area contributed by atoms with E-state index in [2.05, 4.69) is 18.2 Å². The zero-order valence-electron chi connectivity index (χ0n) is 9.88. The number of phenols is 1. The number of ether oxygens (including phenoxy) is 1. The molecular weight excluding hydrogens is 244 g/mol. The zero-order chi connectivity index (χ0) is 12.5. The van der Waals surface area contributed by atoms with Gasteiger partial charge in [0, 0.05) is 21.2 Å². The molecule has 0 saturated heterocycles. The summed E-state index contributed by atoms with van der Waals surface area (Å²) < 4.78 is 6.31. The molecule has 90 valence electrons. The maximum Gasteiger partial charge on any atom is 0.127 e. The van der Waals surface area contributed by atoms with E-state index >= 15 is 0 Å². The van der Waals surface area contributed by atoms with Gasteiger partial charge in [-0.25, -0.2) is 0 Å². The summed E-state index contributed by atoms with van der Waals surface area (Å²) in [5.41, 5.74) is 0.844. The molecular formula is C15H12O2S. The predicted molar refractivity (Wildman–Crippen MR) is 75.5 cm³/mol. The summed E-state index contributed by atoms with van der Waals surface area (Å²) in [6.07, 6.45) is 0. The van der Waals surface area contributed by atoms with Crippen molar-refractivity contribution in [2.45, 2.75) is 0 Å². The number of phenolic OH excluding ortho intramolecular Hbond substituents is 1. The number of fused-ring (bicyclic) bond motifs is 1. The van der Waals surface area contributed by atoms with Crippen LogP contribution in [0.2, 0.25) is 0 Å². The topological polar surface area (TPSA) is 29.5 Å². The highest BCUT2D eigenvalue weighted by atomic mass is 32.1. The lowest BCUT2D eigenvalue weighted by Gasteiger charge is -2.04. The predicted octanol–water partition coefficient (Wildman–Crippen LogP) is 4.28. The number of hydrogen-bond donors (Lipinski definition) is 1. The molecule has 3 heteroatoms. The van der Waals surface area contributed by atoms with E-state index in [1.807, 2.05) is 24.3 Å². The van der Waals surface area contributed by atoms with E-state index in [1.54, 1.807) is 24.5 Å². The fourth-order valence-corrected chi connectivity index (χ4v) is 3.06. The van der Waals surface area contributed by atoms with Gasteiger partial charge in [0.1, 0.15) is 11.5 Å². The van der Waals surface area contributed by atoms with E-state index in [-0.39, 0.29) is 5.75 Å². The van der Waals surface area contributed by atoms with E-state index in [9.17, 15) is 5.11 Å². The smallest absolute Gasteiger partial charge is 0.127 e. The molecule has 0 aliphatic heterocycles. The Morgan fingerprint density at radius 2 is 1.89 bits per heavy atom. The molecule has 0 radical (unpaired) electrons. The van der Waals surface area contributed by atoms with Crippen LogP contribution in [0, 0.1) is 0 Å². The molecule has 18 heavy (non-hydrogen) atoms. The molecule has 0 aliphatic carbocycles. The van der Waals surface area contributed by atoms with Crippen molar-refractivity contribution in [1.29, 1.82) is 0 Å². The highest BCUT2D eigenvalue weighted by molar-refractivity contribution is 7.22. The van der Waals surface area contributed by atoms with Crippen LogP contribution in [0.4, 0.5) is 0 Å². The minimum absolute atomic E-state index is 0.251. The minimum atomic E-state index is 0.251. The van der Waals surface area contributed by atoms with Gasteiger partial charge in [-0.05, 0) is 29.7 Å². The molecule has 0 fully saturated rings. The molecule has 3 aromatic rings. The lowest BCUT2D eigenvalue weighted by molar-refractivity contribution is 0.408. The number of methoxy groups -OCH3 is 1. The van der Waals surface area contributed by atoms with E-state index in [4.69, 9.17) is 4.74 Å². The summed E-state index contributed by atoms with van der Waals surface area (Å²) in [5.74, 6) is 0.915. The third kappa shape index (κ3) is 1.83. The first-order valence-electron chi connectivity index (χ1n) is 5.64. The summed E-state index contributed by atoms with van der Waals surface area (Å²) in [7, 11) is 1.59. The minimum Gasteiger partial charge on any atom is -0.507 e. The molecule has 0 spiro atoms. The van der Waals surface area contributed by atoms with Crippen LogP contribution < -0.4 is 4.74 Å². The van der Waals surface area contributed by atoms with Crippen LogP contribution >= 0.6 is 11.3 Å². The molecule has 0 bridgehead atoms. The number of aromatic hydroxyl groups is 1. The maximum atomic E-state index is 10.0. The van der Waals surface area contributed by atoms with E-state index in [0.717, 1.165) is 10.4 Å². The fourth-order valence-electron chi connectivity index (χ4n) is 1.96. The third-order valence-corrected chi connectivity index (χ3v) is 4.05. The quantitative estimate of drug-likeness (QED) is 0.741. The summed E-state index contributed by atoms with van der Waals surface area (Å²) in [6, 6.07) is 15.7. The number of hydrogen-bond acceptors (Lipinski definition) is 3. The first-order chi connectivity index (χ1) is 8.78. The van der Waals surface area contributed by atoms with Crippen LogP contribution in [0.25, 0.3) is 20.5 Å². The van der Waals surface area contributed by atoms with Gasteiger partial charge in [0.25, 0.3) is 0 Å². The number of rotatable bonds is 2. The van der Waals surface area contributed by atoms with Crippen LogP contribution in [0.5, 0.6) is 11.5 Å². The highest BCUT2D eigenvalue weighted by Gasteiger charge is 2.09. The molecule has 2 aromatic carbocycles. The molecule has 0 unspecified atom stereocenters. The second-order valence-corrected chi connectivity index (χ2v) is 5.12. The van der Waals surface area contributed by atoms with E-state index < -0.39 is 0 Å². The molecule has 0 saturated carbocycles. The average Bonchev–Trinajstić information content (AvgIpc) is 2.81. The average molecular weight is 256 g/mol. The first kappa shape index (κ1) is 11.1. The van der Waals surface area contributed by atoms with Crippen molar-refractivity contribution in [2.24, 2.45) is 0 Å². The molecule has 1 heterocycles. The Labute approximate surface area is 109 Å². The maximum absolute atomic E-state index is 10.0. The third-order valence-electron chi connectivity index (χ3n) is 2.90. The van der Waals surface area contributed by atoms with Crippen molar-refractivity contribution in [1.82, 2.24) is 0 Å². The van der Waals surface area contributed by atoms with Gasteiger partial charge in [-0.1, -0.05) is 18.2 Å². The van der Waals surface area contributed by atoms with Crippen molar-refractivity contribution in [2.75, 3.05) is 7.11 Å². The zero-order valence-corrected chi connectivity index (χ0v) is 10.7. The van der Waals surface area contributed by atoms with Gasteiger partial charge in [0.05, 0.1) is 7.11 Å². The van der Waals surface area contributed by atoms with Crippen molar-refractivity contribution in [3.63, 3.8) is 0 Å². The van der Waals surface area contributed by atoms with Crippen LogP contribution in [-0.2, 0) is 0 Å². The summed E-state index contributed by atoms with van der Waals surface area (Å²) in [6.45, 7) is 0. The standard InChI is InChI=1S/C15H12O2S/c1-17-11-6-7-12(13(16)9-11)15-8-10-4-2-3-5-14(10)18-15/h2-9,16H,1H3. The Kier molecular flexibility index (Phi) is 2.68. The largest absolute Gasteiger partial charge is 0.507 e. The van der Waals surface area contributed by atoms with Crippen LogP contribution in [0.3, 0.4) is 0 Å². The van der Waals surface area contributed by atoms with Crippen LogP contribution in [-0.4, -0.2) is 12.2 Å². The Morgan fingerprint density at radius 3 is 2.61 bits per heavy atom. The number of thiophene rings is 1. The summed E-state index contributed by atoms with van der Waals surface area (Å²) >= 11 is 1.68. The lowest BCUT2D eigenvalue weighted by Crippen LogP contribution is -1.82. The van der Waals surface area contributed by atoms with Gasteiger partial charge in [0.2, 0.25) is 0 Å². The van der Waals surface area contributed by atoms with E-state index in [1.165, 1.54) is 10.1 Å². The molecule has 0 amide bonds. The first-order valence-corrected chi connectivity index (χ1v) is 6.45. The Balaban J connectivity index is 2.14. The Bertz CT molecular complexity index is 668. The summed E-state index contributed by atoms with van der Waals surface area (Å²) in [5, 5.41) is 11.2. The number of benzene rings is 2. The van der Waals surface area contributed by atoms with Crippen molar-refractivity contribution in [3.05, 3.63) is 48.5 Å². The molecule has 2 nitrogen and oxygen atoms in total. The Morgan fingerprint density at radius 1 is 1.06 bits per heavy atom. The van der Waals surface area contributed by atoms with Gasteiger partial charge < -0.3 is 9.84 Å². The molecule has 1 aromatic heterocycles. The van der Waals surface area contributed by atoms with Gasteiger partial charge in [-0.2, -0.15) is 0 Å². The van der Waals surface area contributed by atoms with Crippen molar-refractivity contribution >= 4 is 21.4 Å². The normalized spacial score (nSPS) is 10.7. The monoisotopic (exact) mass is 256 g/mol.